The number of aromatic nitrogens is 1. The van der Waals surface area contributed by atoms with E-state index in [0.717, 1.165) is 0 Å². The minimum atomic E-state index is -2.63. The number of carbonyl (C=O) groups is 1. The molecule has 0 saturated carbocycles. The van der Waals surface area contributed by atoms with Gasteiger partial charge in [-0.1, -0.05) is 0 Å². The number of hydrogen-bond acceptors (Lipinski definition) is 3. The topological polar surface area (TPSA) is 68.0 Å². The van der Waals surface area contributed by atoms with E-state index in [1.54, 1.807) is 0 Å². The molecule has 0 aromatic carbocycles. The van der Waals surface area contributed by atoms with Crippen LogP contribution < -0.4 is 11.3 Å². The molecule has 0 fully saturated rings. The first-order chi connectivity index (χ1) is 6.65. The summed E-state index contributed by atoms with van der Waals surface area (Å²) in [4.78, 5) is 14.5. The molecular weight excluding hydrogens is 192 g/mol. The molecule has 1 heterocycles. The third-order valence-electron chi connectivity index (χ3n) is 1.65. The van der Waals surface area contributed by atoms with E-state index < -0.39 is 12.3 Å². The molecule has 0 saturated heterocycles. The van der Waals surface area contributed by atoms with Crippen molar-refractivity contribution >= 4 is 5.91 Å². The molecule has 4 nitrogen and oxygen atoms in total. The first-order valence-corrected chi connectivity index (χ1v) is 3.86. The molecule has 0 aliphatic heterocycles. The Bertz CT molecular complexity index is 330. The summed E-state index contributed by atoms with van der Waals surface area (Å²) in [6.07, 6.45) is -1.52. The lowest BCUT2D eigenvalue weighted by Gasteiger charge is -2.05. The molecule has 0 bridgehead atoms. The largest absolute Gasteiger partial charge is 0.294 e. The van der Waals surface area contributed by atoms with Crippen LogP contribution in [0, 0.1) is 0 Å². The van der Waals surface area contributed by atoms with Crippen LogP contribution in [0.15, 0.2) is 18.3 Å². The summed E-state index contributed by atoms with van der Waals surface area (Å²) in [5.41, 5.74) is 1.66. The highest BCUT2D eigenvalue weighted by molar-refractivity contribution is 5.77. The lowest BCUT2D eigenvalue weighted by Crippen LogP contribution is -2.31. The molecule has 14 heavy (non-hydrogen) atoms. The van der Waals surface area contributed by atoms with Crippen LogP contribution >= 0.6 is 0 Å². The molecule has 1 aromatic rings. The minimum Gasteiger partial charge on any atom is -0.294 e. The van der Waals surface area contributed by atoms with Gasteiger partial charge in [-0.15, -0.1) is 0 Å². The van der Waals surface area contributed by atoms with Crippen LogP contribution in [-0.2, 0) is 11.2 Å². The van der Waals surface area contributed by atoms with E-state index >= 15 is 0 Å². The number of amides is 1. The van der Waals surface area contributed by atoms with Gasteiger partial charge in [0.1, 0.15) is 0 Å². The number of nitrogens with one attached hydrogen (secondary N) is 1. The fourth-order valence-electron chi connectivity index (χ4n) is 1.000. The van der Waals surface area contributed by atoms with Crippen molar-refractivity contribution in [3.63, 3.8) is 0 Å². The van der Waals surface area contributed by atoms with Crippen LogP contribution in [0.1, 0.15) is 17.7 Å². The number of hydrogen-bond donors (Lipinski definition) is 2. The summed E-state index contributed by atoms with van der Waals surface area (Å²) < 4.78 is 24.8. The van der Waals surface area contributed by atoms with Crippen molar-refractivity contribution in [2.45, 2.75) is 12.8 Å². The quantitative estimate of drug-likeness (QED) is 0.426. The van der Waals surface area contributed by atoms with E-state index in [-0.39, 0.29) is 17.7 Å². The van der Waals surface area contributed by atoms with Gasteiger partial charge in [0.05, 0.1) is 12.1 Å². The number of rotatable bonds is 3. The summed E-state index contributed by atoms with van der Waals surface area (Å²) in [5, 5.41) is 0. The molecule has 0 aliphatic carbocycles. The van der Waals surface area contributed by atoms with Gasteiger partial charge in [0, 0.05) is 11.8 Å². The highest BCUT2D eigenvalue weighted by Crippen LogP contribution is 2.21. The van der Waals surface area contributed by atoms with E-state index in [0.29, 0.717) is 0 Å². The molecule has 0 radical (unpaired) electrons. The van der Waals surface area contributed by atoms with Crippen molar-refractivity contribution in [1.29, 1.82) is 0 Å². The van der Waals surface area contributed by atoms with E-state index in [1.165, 1.54) is 18.3 Å². The van der Waals surface area contributed by atoms with Crippen LogP contribution in [-0.4, -0.2) is 10.9 Å². The van der Waals surface area contributed by atoms with Crippen LogP contribution in [0.2, 0.25) is 0 Å². The van der Waals surface area contributed by atoms with Crippen LogP contribution in [0.3, 0.4) is 0 Å². The molecule has 1 rings (SSSR count). The molecule has 0 aliphatic rings. The average Bonchev–Trinajstić information content (AvgIpc) is 2.18. The number of alkyl halides is 2. The summed E-state index contributed by atoms with van der Waals surface area (Å²) >= 11 is 0. The molecule has 1 aromatic heterocycles. The second-order valence-corrected chi connectivity index (χ2v) is 2.58. The monoisotopic (exact) mass is 201 g/mol. The lowest BCUT2D eigenvalue weighted by atomic mass is 10.1. The number of carbonyl (C=O) groups excluding carboxylic acids is 1. The Morgan fingerprint density at radius 2 is 2.36 bits per heavy atom. The zero-order chi connectivity index (χ0) is 10.6. The van der Waals surface area contributed by atoms with E-state index in [9.17, 15) is 13.6 Å². The van der Waals surface area contributed by atoms with E-state index in [4.69, 9.17) is 5.84 Å². The zero-order valence-corrected chi connectivity index (χ0v) is 7.21. The third kappa shape index (κ3) is 2.46. The standard InChI is InChI=1S/C8H9F2N3O/c9-8(10)5-2-1-3-12-6(5)4-7(14)13-11/h1-3,8H,4,11H2,(H,13,14). The van der Waals surface area contributed by atoms with Gasteiger partial charge in [-0.25, -0.2) is 14.6 Å². The minimum absolute atomic E-state index is 0.0467. The van der Waals surface area contributed by atoms with E-state index in [1.807, 2.05) is 5.43 Å². The average molecular weight is 201 g/mol. The molecule has 0 atom stereocenters. The molecular formula is C8H9F2N3O. The number of pyridine rings is 1. The highest BCUT2D eigenvalue weighted by Gasteiger charge is 2.15. The van der Waals surface area contributed by atoms with Gasteiger partial charge >= 0.3 is 0 Å². The molecule has 3 N–H and O–H groups in total. The van der Waals surface area contributed by atoms with Gasteiger partial charge < -0.3 is 0 Å². The molecule has 0 spiro atoms. The van der Waals surface area contributed by atoms with Crippen molar-refractivity contribution in [3.8, 4) is 0 Å². The number of halogens is 2. The molecule has 6 heteroatoms. The van der Waals surface area contributed by atoms with Crippen molar-refractivity contribution in [3.05, 3.63) is 29.6 Å². The second-order valence-electron chi connectivity index (χ2n) is 2.58. The second kappa shape index (κ2) is 4.61. The van der Waals surface area contributed by atoms with Gasteiger partial charge in [0.2, 0.25) is 5.91 Å². The SMILES string of the molecule is NNC(=O)Cc1ncccc1C(F)F. The van der Waals surface area contributed by atoms with Gasteiger partial charge in [0.25, 0.3) is 6.43 Å². The van der Waals surface area contributed by atoms with Crippen LogP contribution in [0.4, 0.5) is 8.78 Å². The number of hydrazine groups is 1. The summed E-state index contributed by atoms with van der Waals surface area (Å²) in [7, 11) is 0. The highest BCUT2D eigenvalue weighted by atomic mass is 19.3. The third-order valence-corrected chi connectivity index (χ3v) is 1.65. The summed E-state index contributed by atoms with van der Waals surface area (Å²) in [6.45, 7) is 0. The van der Waals surface area contributed by atoms with Crippen LogP contribution in [0.5, 0.6) is 0 Å². The Balaban J connectivity index is 2.90. The summed E-state index contributed by atoms with van der Waals surface area (Å²) in [5.74, 6) is 4.28. The predicted octanol–water partition coefficient (Wildman–Crippen LogP) is 0.552. The van der Waals surface area contributed by atoms with Gasteiger partial charge in [-0.2, -0.15) is 0 Å². The summed E-state index contributed by atoms with van der Waals surface area (Å²) in [6, 6.07) is 2.63. The van der Waals surface area contributed by atoms with Crippen molar-refractivity contribution in [2.24, 2.45) is 5.84 Å². The fraction of sp³-hybridized carbons (Fsp3) is 0.250. The Hall–Kier alpha value is -1.56. The molecule has 76 valence electrons. The van der Waals surface area contributed by atoms with Gasteiger partial charge in [-0.3, -0.25) is 15.2 Å². The fourth-order valence-corrected chi connectivity index (χ4v) is 1.000. The first-order valence-electron chi connectivity index (χ1n) is 3.86. The molecule has 0 unspecified atom stereocenters. The van der Waals surface area contributed by atoms with Crippen molar-refractivity contribution in [2.75, 3.05) is 0 Å². The Kier molecular flexibility index (Phi) is 3.47. The Labute approximate surface area is 79.1 Å². The van der Waals surface area contributed by atoms with Crippen LogP contribution in [0.25, 0.3) is 0 Å². The maximum absolute atomic E-state index is 12.4. The lowest BCUT2D eigenvalue weighted by molar-refractivity contribution is -0.120. The van der Waals surface area contributed by atoms with Gasteiger partial charge in [-0.05, 0) is 12.1 Å². The molecule has 1 amide bonds. The Morgan fingerprint density at radius 3 is 2.93 bits per heavy atom. The zero-order valence-electron chi connectivity index (χ0n) is 7.21. The number of nitrogens with zero attached hydrogens (tertiary/aromatic N) is 1. The maximum Gasteiger partial charge on any atom is 0.265 e. The maximum atomic E-state index is 12.4. The smallest absolute Gasteiger partial charge is 0.265 e. The van der Waals surface area contributed by atoms with Gasteiger partial charge in [0.15, 0.2) is 0 Å². The van der Waals surface area contributed by atoms with Crippen molar-refractivity contribution < 1.29 is 13.6 Å². The number of nitrogens with two attached hydrogens (primary N) is 1. The first kappa shape index (κ1) is 10.5. The Morgan fingerprint density at radius 1 is 1.64 bits per heavy atom. The predicted molar refractivity (Wildman–Crippen MR) is 45.2 cm³/mol. The normalized spacial score (nSPS) is 10.3. The van der Waals surface area contributed by atoms with Crippen molar-refractivity contribution in [1.82, 2.24) is 10.4 Å². The van der Waals surface area contributed by atoms with E-state index in [2.05, 4.69) is 4.98 Å².